The quantitative estimate of drug-likeness (QED) is 0.0239. The molecule has 0 aliphatic heterocycles. The van der Waals surface area contributed by atoms with Crippen molar-refractivity contribution in [1.82, 2.24) is 0 Å². The normalized spacial score (nSPS) is 14.5. The Morgan fingerprint density at radius 2 is 1.15 bits per heavy atom. The van der Waals surface area contributed by atoms with Crippen molar-refractivity contribution in [2.75, 3.05) is 26.4 Å². The van der Waals surface area contributed by atoms with Gasteiger partial charge in [-0.1, -0.05) is 132 Å². The lowest BCUT2D eigenvalue weighted by Crippen LogP contribution is -2.29. The molecule has 312 valence electrons. The largest absolute Gasteiger partial charge is 0.472 e. The van der Waals surface area contributed by atoms with Crippen LogP contribution in [0.25, 0.3) is 0 Å². The number of unbranched alkanes of at least 4 members (excludes halogenated alkanes) is 12. The lowest BCUT2D eigenvalue weighted by Gasteiger charge is -2.19. The average molecular weight is 782 g/mol. The number of allylic oxidation sites excluding steroid dienone is 9. The highest BCUT2D eigenvalue weighted by molar-refractivity contribution is 7.47. The minimum atomic E-state index is -4.40. The molecule has 0 aliphatic rings. The Hall–Kier alpha value is -2.33. The third-order valence-corrected chi connectivity index (χ3v) is 9.42. The van der Waals surface area contributed by atoms with Crippen molar-refractivity contribution in [2.24, 2.45) is 5.73 Å². The third kappa shape index (κ3) is 38.0. The maximum Gasteiger partial charge on any atom is 0.472 e. The summed E-state index contributed by atoms with van der Waals surface area (Å²) in [4.78, 5) is 34.8. The predicted molar refractivity (Wildman–Crippen MR) is 221 cm³/mol. The number of phosphoric acid groups is 1. The molecular formula is C43H76NO9P. The molecule has 0 spiro atoms. The van der Waals surface area contributed by atoms with E-state index in [4.69, 9.17) is 24.3 Å². The van der Waals surface area contributed by atoms with Crippen LogP contribution in [0.3, 0.4) is 0 Å². The molecule has 0 fully saturated rings. The van der Waals surface area contributed by atoms with E-state index in [1.165, 1.54) is 44.9 Å². The van der Waals surface area contributed by atoms with Crippen LogP contribution in [0.1, 0.15) is 162 Å². The molecule has 3 atom stereocenters. The number of ether oxygens (including phenoxy) is 2. The van der Waals surface area contributed by atoms with Gasteiger partial charge in [-0.3, -0.25) is 18.6 Å². The van der Waals surface area contributed by atoms with Gasteiger partial charge in [-0.15, -0.1) is 0 Å². The summed E-state index contributed by atoms with van der Waals surface area (Å²) in [6.45, 7) is 3.43. The summed E-state index contributed by atoms with van der Waals surface area (Å²) in [5.74, 6) is -0.929. The highest BCUT2D eigenvalue weighted by Gasteiger charge is 2.25. The first kappa shape index (κ1) is 51.7. The fourth-order valence-electron chi connectivity index (χ4n) is 5.34. The smallest absolute Gasteiger partial charge is 0.462 e. The number of esters is 2. The van der Waals surface area contributed by atoms with Crippen molar-refractivity contribution in [2.45, 2.75) is 174 Å². The van der Waals surface area contributed by atoms with Crippen LogP contribution >= 0.6 is 7.82 Å². The Bertz CT molecular complexity index is 1090. The number of phosphoric ester groups is 1. The monoisotopic (exact) mass is 782 g/mol. The fourth-order valence-corrected chi connectivity index (χ4v) is 6.11. The Labute approximate surface area is 328 Å². The summed E-state index contributed by atoms with van der Waals surface area (Å²) in [5.41, 5.74) is 5.33. The number of carbonyl (C=O) groups is 2. The van der Waals surface area contributed by atoms with Crippen LogP contribution in [-0.4, -0.2) is 60.5 Å². The van der Waals surface area contributed by atoms with Gasteiger partial charge in [0.1, 0.15) is 6.61 Å². The second kappa shape index (κ2) is 38.9. The number of nitrogens with two attached hydrogens (primary N) is 1. The highest BCUT2D eigenvalue weighted by atomic mass is 31.2. The first-order valence-electron chi connectivity index (χ1n) is 20.8. The van der Waals surface area contributed by atoms with Gasteiger partial charge in [0.25, 0.3) is 0 Å². The zero-order valence-corrected chi connectivity index (χ0v) is 34.7. The molecule has 0 aromatic rings. The fraction of sp³-hybridized carbons (Fsp3) is 0.721. The van der Waals surface area contributed by atoms with Crippen LogP contribution < -0.4 is 5.73 Å². The number of aliphatic hydroxyl groups is 1. The van der Waals surface area contributed by atoms with Crippen LogP contribution in [0.2, 0.25) is 0 Å². The molecule has 0 aliphatic carbocycles. The highest BCUT2D eigenvalue weighted by Crippen LogP contribution is 2.43. The standard InChI is InChI=1S/C43H76NO9P/c1-3-5-6-7-8-9-10-11-12-15-18-21-24-27-30-34-42(46)50-38-41(39-52-54(48,49)51-37-36-44)53-43(47)35-31-28-25-22-19-16-13-14-17-20-23-26-29-33-40(45)32-4-2/h11-13,16-17,20,22,25-26,29,40-41,45H,3-10,14-15,18-19,21,23-24,27-28,30-39,44H2,1-2H3,(H,48,49)/b12-11-,16-13-,20-17-,25-22-,29-26-/t40?,41-/m1/s1. The second-order valence-corrected chi connectivity index (χ2v) is 15.1. The summed E-state index contributed by atoms with van der Waals surface area (Å²) in [7, 11) is -4.40. The van der Waals surface area contributed by atoms with Gasteiger partial charge in [-0.2, -0.15) is 0 Å². The molecule has 0 saturated heterocycles. The Balaban J connectivity index is 4.32. The van der Waals surface area contributed by atoms with Crippen molar-refractivity contribution < 1.29 is 42.7 Å². The molecule has 0 aromatic heterocycles. The Morgan fingerprint density at radius 1 is 0.630 bits per heavy atom. The van der Waals surface area contributed by atoms with Gasteiger partial charge >= 0.3 is 19.8 Å². The third-order valence-electron chi connectivity index (χ3n) is 8.43. The molecule has 4 N–H and O–H groups in total. The van der Waals surface area contributed by atoms with Crippen molar-refractivity contribution in [1.29, 1.82) is 0 Å². The minimum Gasteiger partial charge on any atom is -0.462 e. The average Bonchev–Trinajstić information content (AvgIpc) is 3.15. The molecule has 54 heavy (non-hydrogen) atoms. The summed E-state index contributed by atoms with van der Waals surface area (Å²) in [6, 6.07) is 0. The minimum absolute atomic E-state index is 0.0350. The molecule has 0 rings (SSSR count). The van der Waals surface area contributed by atoms with Gasteiger partial charge in [0.2, 0.25) is 0 Å². The molecule has 10 nitrogen and oxygen atoms in total. The van der Waals surface area contributed by atoms with Gasteiger partial charge in [0, 0.05) is 19.4 Å². The van der Waals surface area contributed by atoms with E-state index in [9.17, 15) is 24.2 Å². The van der Waals surface area contributed by atoms with E-state index in [2.05, 4.69) is 56.4 Å². The van der Waals surface area contributed by atoms with E-state index >= 15 is 0 Å². The summed E-state index contributed by atoms with van der Waals surface area (Å²) < 4.78 is 32.6. The molecule has 0 saturated carbocycles. The Morgan fingerprint density at radius 3 is 1.76 bits per heavy atom. The van der Waals surface area contributed by atoms with E-state index in [0.29, 0.717) is 25.7 Å². The van der Waals surface area contributed by atoms with Crippen molar-refractivity contribution in [3.05, 3.63) is 60.8 Å². The van der Waals surface area contributed by atoms with E-state index < -0.39 is 32.5 Å². The lowest BCUT2D eigenvalue weighted by molar-refractivity contribution is -0.161. The van der Waals surface area contributed by atoms with E-state index in [1.54, 1.807) is 0 Å². The van der Waals surface area contributed by atoms with E-state index in [1.807, 2.05) is 18.2 Å². The molecule has 2 unspecified atom stereocenters. The molecule has 0 amide bonds. The van der Waals surface area contributed by atoms with Crippen LogP contribution in [-0.2, 0) is 32.7 Å². The lowest BCUT2D eigenvalue weighted by atomic mass is 10.1. The van der Waals surface area contributed by atoms with E-state index in [0.717, 1.165) is 64.2 Å². The molecule has 0 radical (unpaired) electrons. The summed E-state index contributed by atoms with van der Waals surface area (Å²) in [6.07, 6.45) is 41.7. The maximum absolute atomic E-state index is 12.5. The molecule has 0 bridgehead atoms. The summed E-state index contributed by atoms with van der Waals surface area (Å²) >= 11 is 0. The van der Waals surface area contributed by atoms with E-state index in [-0.39, 0.29) is 38.7 Å². The maximum atomic E-state index is 12.5. The van der Waals surface area contributed by atoms with Gasteiger partial charge in [0.05, 0.1) is 19.3 Å². The SMILES string of the molecule is CCCCCCCC/C=C\CCCCCCCC(=O)OC[C@H](COP(=O)(O)OCCN)OC(=O)CCC/C=C\C/C=C\C/C=C\C/C=C\CC(O)CCC. The zero-order chi connectivity index (χ0) is 39.8. The molecule has 0 heterocycles. The number of aliphatic hydroxyl groups excluding tert-OH is 1. The first-order valence-corrected chi connectivity index (χ1v) is 22.3. The first-order chi connectivity index (χ1) is 26.2. The van der Waals surface area contributed by atoms with Gasteiger partial charge < -0.3 is 25.2 Å². The predicted octanol–water partition coefficient (Wildman–Crippen LogP) is 10.7. The van der Waals surface area contributed by atoms with Crippen molar-refractivity contribution in [3.63, 3.8) is 0 Å². The second-order valence-electron chi connectivity index (χ2n) is 13.7. The molecule has 11 heteroatoms. The van der Waals surface area contributed by atoms with Gasteiger partial charge in [0.15, 0.2) is 6.10 Å². The molecule has 0 aromatic carbocycles. The van der Waals surface area contributed by atoms with Crippen molar-refractivity contribution in [3.8, 4) is 0 Å². The number of hydrogen-bond acceptors (Lipinski definition) is 9. The number of rotatable bonds is 38. The van der Waals surface area contributed by atoms with Crippen molar-refractivity contribution >= 4 is 19.8 Å². The van der Waals surface area contributed by atoms with Crippen LogP contribution in [0.15, 0.2) is 60.8 Å². The zero-order valence-electron chi connectivity index (χ0n) is 33.8. The van der Waals surface area contributed by atoms with Crippen LogP contribution in [0, 0.1) is 0 Å². The summed E-state index contributed by atoms with van der Waals surface area (Å²) in [5, 5.41) is 9.72. The molecular weight excluding hydrogens is 705 g/mol. The number of hydrogen-bond donors (Lipinski definition) is 3. The van der Waals surface area contributed by atoms with Gasteiger partial charge in [-0.25, -0.2) is 4.57 Å². The topological polar surface area (TPSA) is 155 Å². The number of carbonyl (C=O) groups excluding carboxylic acids is 2. The Kier molecular flexibility index (Phi) is 37.2. The van der Waals surface area contributed by atoms with Gasteiger partial charge in [-0.05, 0) is 77.0 Å². The van der Waals surface area contributed by atoms with Crippen LogP contribution in [0.5, 0.6) is 0 Å². The van der Waals surface area contributed by atoms with Crippen LogP contribution in [0.4, 0.5) is 0 Å².